The third kappa shape index (κ3) is 1.78. The fraction of sp³-hybridized carbons (Fsp3) is 0.111. The Morgan fingerprint density at radius 3 is 2.46 bits per heavy atom. The van der Waals surface area contributed by atoms with E-state index in [2.05, 4.69) is 26.1 Å². The van der Waals surface area contributed by atoms with E-state index in [1.165, 1.54) is 5.56 Å². The number of aromatic nitrogens is 2. The minimum absolute atomic E-state index is 0.475. The van der Waals surface area contributed by atoms with Gasteiger partial charge in [-0.2, -0.15) is 4.98 Å². The lowest BCUT2D eigenvalue weighted by Crippen LogP contribution is -1.77. The van der Waals surface area contributed by atoms with Crippen molar-refractivity contribution in [2.75, 3.05) is 0 Å². The molecule has 0 aliphatic carbocycles. The Hall–Kier alpha value is -1.16. The third-order valence-corrected chi connectivity index (χ3v) is 2.02. The Bertz CT molecular complexity index is 408. The molecule has 2 rings (SSSR count). The van der Waals surface area contributed by atoms with Gasteiger partial charge in [0.15, 0.2) is 0 Å². The molecule has 0 aliphatic rings. The summed E-state index contributed by atoms with van der Waals surface area (Å²) in [5.41, 5.74) is 2.14. The molecular formula is C9H7BrN2O. The Labute approximate surface area is 83.9 Å². The van der Waals surface area contributed by atoms with Crippen LogP contribution in [0.1, 0.15) is 5.56 Å². The Balaban J connectivity index is 2.41. The first-order valence-corrected chi connectivity index (χ1v) is 4.61. The van der Waals surface area contributed by atoms with Gasteiger partial charge >= 0.3 is 0 Å². The van der Waals surface area contributed by atoms with Gasteiger partial charge in [0.05, 0.1) is 0 Å². The molecule has 2 aromatic rings. The summed E-state index contributed by atoms with van der Waals surface area (Å²) < 4.78 is 5.46. The van der Waals surface area contributed by atoms with Crippen molar-refractivity contribution < 1.29 is 4.52 Å². The predicted octanol–water partition coefficient (Wildman–Crippen LogP) is 2.81. The number of nitrogens with zero attached hydrogens (tertiary/aromatic N) is 2. The summed E-state index contributed by atoms with van der Waals surface area (Å²) >= 11 is 3.13. The molecule has 0 unspecified atom stereocenters. The van der Waals surface area contributed by atoms with E-state index in [9.17, 15) is 0 Å². The van der Waals surface area contributed by atoms with Crippen LogP contribution in [0.5, 0.6) is 0 Å². The van der Waals surface area contributed by atoms with Crippen LogP contribution in [0.3, 0.4) is 0 Å². The van der Waals surface area contributed by atoms with Crippen LogP contribution in [0.4, 0.5) is 0 Å². The van der Waals surface area contributed by atoms with E-state index in [1.54, 1.807) is 0 Å². The quantitative estimate of drug-likeness (QED) is 0.767. The van der Waals surface area contributed by atoms with Gasteiger partial charge < -0.3 is 4.52 Å². The Kier molecular flexibility index (Phi) is 2.14. The van der Waals surface area contributed by atoms with Gasteiger partial charge in [0.1, 0.15) is 0 Å². The number of hydrogen-bond acceptors (Lipinski definition) is 3. The van der Waals surface area contributed by atoms with Crippen molar-refractivity contribution in [1.82, 2.24) is 10.1 Å². The van der Waals surface area contributed by atoms with Crippen molar-refractivity contribution in [2.24, 2.45) is 0 Å². The van der Waals surface area contributed by atoms with E-state index in [1.807, 2.05) is 31.2 Å². The van der Waals surface area contributed by atoms with Gasteiger partial charge in [0, 0.05) is 5.56 Å². The topological polar surface area (TPSA) is 38.9 Å². The van der Waals surface area contributed by atoms with E-state index < -0.39 is 0 Å². The highest BCUT2D eigenvalue weighted by Crippen LogP contribution is 2.18. The average molecular weight is 239 g/mol. The fourth-order valence-corrected chi connectivity index (χ4v) is 1.25. The molecular weight excluding hydrogens is 232 g/mol. The minimum Gasteiger partial charge on any atom is -0.333 e. The predicted molar refractivity (Wildman–Crippen MR) is 52.2 cm³/mol. The number of hydrogen-bond donors (Lipinski definition) is 0. The van der Waals surface area contributed by atoms with Crippen LogP contribution in [0, 0.1) is 6.92 Å². The maximum atomic E-state index is 4.98. The molecule has 0 saturated carbocycles. The molecule has 1 aromatic heterocycles. The third-order valence-electron chi connectivity index (χ3n) is 1.70. The van der Waals surface area contributed by atoms with Gasteiger partial charge in [-0.25, -0.2) is 0 Å². The van der Waals surface area contributed by atoms with Crippen LogP contribution in [0.2, 0.25) is 0 Å². The second-order valence-corrected chi connectivity index (χ2v) is 3.44. The zero-order chi connectivity index (χ0) is 9.26. The van der Waals surface area contributed by atoms with Gasteiger partial charge in [-0.05, 0) is 40.1 Å². The van der Waals surface area contributed by atoms with Gasteiger partial charge in [0.25, 0.3) is 5.89 Å². The molecule has 0 aliphatic heterocycles. The molecule has 0 bridgehead atoms. The Morgan fingerprint density at radius 2 is 1.92 bits per heavy atom. The lowest BCUT2D eigenvalue weighted by molar-refractivity contribution is 0.426. The zero-order valence-electron chi connectivity index (χ0n) is 6.99. The first-order chi connectivity index (χ1) is 6.25. The minimum atomic E-state index is 0.475. The molecule has 1 heterocycles. The molecule has 0 saturated heterocycles. The lowest BCUT2D eigenvalue weighted by atomic mass is 10.1. The summed E-state index contributed by atoms with van der Waals surface area (Å²) in [6.45, 7) is 2.04. The van der Waals surface area contributed by atoms with E-state index in [4.69, 9.17) is 4.52 Å². The van der Waals surface area contributed by atoms with Gasteiger partial charge in [-0.3, -0.25) is 0 Å². The van der Waals surface area contributed by atoms with Crippen molar-refractivity contribution in [3.8, 4) is 11.5 Å². The molecule has 3 nitrogen and oxygen atoms in total. The van der Waals surface area contributed by atoms with Gasteiger partial charge in [0.2, 0.25) is 4.73 Å². The highest BCUT2D eigenvalue weighted by Gasteiger charge is 2.05. The number of benzene rings is 1. The number of rotatable bonds is 1. The van der Waals surface area contributed by atoms with Crippen LogP contribution < -0.4 is 0 Å². The van der Waals surface area contributed by atoms with Crippen molar-refractivity contribution in [3.63, 3.8) is 0 Å². The van der Waals surface area contributed by atoms with Crippen LogP contribution in [-0.2, 0) is 0 Å². The van der Waals surface area contributed by atoms with E-state index >= 15 is 0 Å². The number of aryl methyl sites for hydroxylation is 1. The monoisotopic (exact) mass is 238 g/mol. The summed E-state index contributed by atoms with van der Waals surface area (Å²) in [5, 5.41) is 3.65. The first-order valence-electron chi connectivity index (χ1n) is 3.82. The Morgan fingerprint density at radius 1 is 1.23 bits per heavy atom. The highest BCUT2D eigenvalue weighted by atomic mass is 79.9. The summed E-state index contributed by atoms with van der Waals surface area (Å²) in [5.74, 6) is 0.534. The van der Waals surface area contributed by atoms with Crippen LogP contribution in [0.15, 0.2) is 33.5 Å². The molecule has 0 N–H and O–H groups in total. The summed E-state index contributed by atoms with van der Waals surface area (Å²) in [4.78, 5) is 4.05. The van der Waals surface area contributed by atoms with Crippen LogP contribution >= 0.6 is 15.9 Å². The largest absolute Gasteiger partial charge is 0.333 e. The van der Waals surface area contributed by atoms with Crippen LogP contribution in [0.25, 0.3) is 11.5 Å². The maximum Gasteiger partial charge on any atom is 0.258 e. The van der Waals surface area contributed by atoms with Crippen molar-refractivity contribution in [1.29, 1.82) is 0 Å². The summed E-state index contributed by atoms with van der Waals surface area (Å²) in [6.07, 6.45) is 0. The number of halogens is 1. The van der Waals surface area contributed by atoms with Gasteiger partial charge in [-0.1, -0.05) is 17.7 Å². The molecule has 0 spiro atoms. The van der Waals surface area contributed by atoms with E-state index in [0.717, 1.165) is 5.56 Å². The smallest absolute Gasteiger partial charge is 0.258 e. The molecule has 13 heavy (non-hydrogen) atoms. The zero-order valence-corrected chi connectivity index (χ0v) is 8.58. The standard InChI is InChI=1S/C9H7BrN2O/c1-6-2-4-7(5-3-6)8-11-9(10)12-13-8/h2-5H,1H3. The van der Waals surface area contributed by atoms with Crippen molar-refractivity contribution in [3.05, 3.63) is 34.6 Å². The highest BCUT2D eigenvalue weighted by molar-refractivity contribution is 9.10. The summed E-state index contributed by atoms with van der Waals surface area (Å²) in [6, 6.07) is 7.92. The molecule has 0 radical (unpaired) electrons. The second kappa shape index (κ2) is 3.30. The molecule has 0 fully saturated rings. The lowest BCUT2D eigenvalue weighted by Gasteiger charge is -1.93. The summed E-state index contributed by atoms with van der Waals surface area (Å²) in [7, 11) is 0. The normalized spacial score (nSPS) is 10.3. The fourth-order valence-electron chi connectivity index (χ4n) is 1.02. The van der Waals surface area contributed by atoms with Gasteiger partial charge in [-0.15, -0.1) is 0 Å². The molecule has 66 valence electrons. The van der Waals surface area contributed by atoms with E-state index in [0.29, 0.717) is 10.6 Å². The SMILES string of the molecule is Cc1ccc(-c2nc(Br)no2)cc1. The first kappa shape index (κ1) is 8.44. The average Bonchev–Trinajstić information content (AvgIpc) is 2.53. The van der Waals surface area contributed by atoms with E-state index in [-0.39, 0.29) is 0 Å². The maximum absolute atomic E-state index is 4.98. The molecule has 0 amide bonds. The molecule has 4 heteroatoms. The second-order valence-electron chi connectivity index (χ2n) is 2.73. The van der Waals surface area contributed by atoms with Crippen molar-refractivity contribution in [2.45, 2.75) is 6.92 Å². The molecule has 0 atom stereocenters. The molecule has 1 aromatic carbocycles. The van der Waals surface area contributed by atoms with Crippen LogP contribution in [-0.4, -0.2) is 10.1 Å². The van der Waals surface area contributed by atoms with Crippen molar-refractivity contribution >= 4 is 15.9 Å².